The summed E-state index contributed by atoms with van der Waals surface area (Å²) >= 11 is 0. The molecule has 0 atom stereocenters. The molecule has 26 heavy (non-hydrogen) atoms. The molecule has 0 aliphatic rings. The van der Waals surface area contributed by atoms with E-state index in [-0.39, 0.29) is 17.9 Å². The minimum atomic E-state index is -1.02. The van der Waals surface area contributed by atoms with Gasteiger partial charge in [-0.2, -0.15) is 0 Å². The van der Waals surface area contributed by atoms with Crippen LogP contribution in [0, 0.1) is 0 Å². The number of carboxylic acid groups (broad SMARTS) is 1. The van der Waals surface area contributed by atoms with Crippen LogP contribution in [0.3, 0.4) is 0 Å². The number of benzene rings is 2. The summed E-state index contributed by atoms with van der Waals surface area (Å²) in [5.74, 6) is -0.101. The highest BCUT2D eigenvalue weighted by Crippen LogP contribution is 2.29. The van der Waals surface area contributed by atoms with Gasteiger partial charge in [0.05, 0.1) is 31.4 Å². The van der Waals surface area contributed by atoms with Crippen molar-refractivity contribution in [3.05, 3.63) is 53.6 Å². The first kappa shape index (κ1) is 19.3. The number of nitrogens with one attached hydrogen (secondary N) is 1. The largest absolute Gasteiger partial charge is 0.497 e. The molecule has 138 valence electrons. The molecule has 0 aliphatic carbocycles. The highest BCUT2D eigenvalue weighted by molar-refractivity contribution is 5.94. The van der Waals surface area contributed by atoms with Crippen molar-refractivity contribution < 1.29 is 24.2 Å². The first-order valence-electron chi connectivity index (χ1n) is 8.46. The van der Waals surface area contributed by atoms with Crippen molar-refractivity contribution in [1.82, 2.24) is 0 Å². The molecular weight excluding hydrogens is 334 g/mol. The Morgan fingerprint density at radius 3 is 2.65 bits per heavy atom. The van der Waals surface area contributed by atoms with E-state index in [1.807, 2.05) is 0 Å². The molecule has 0 unspecified atom stereocenters. The van der Waals surface area contributed by atoms with Crippen molar-refractivity contribution in [3.63, 3.8) is 0 Å². The third-order valence-electron chi connectivity index (χ3n) is 3.75. The molecule has 0 saturated carbocycles. The van der Waals surface area contributed by atoms with Crippen LogP contribution in [0.5, 0.6) is 11.5 Å². The average molecular weight is 357 g/mol. The van der Waals surface area contributed by atoms with Crippen molar-refractivity contribution in [2.45, 2.75) is 26.2 Å². The predicted octanol–water partition coefficient (Wildman–Crippen LogP) is 3.75. The van der Waals surface area contributed by atoms with E-state index in [9.17, 15) is 9.59 Å². The lowest BCUT2D eigenvalue weighted by Gasteiger charge is -2.14. The molecule has 2 rings (SSSR count). The van der Waals surface area contributed by atoms with Crippen LogP contribution in [0.2, 0.25) is 0 Å². The minimum Gasteiger partial charge on any atom is -0.497 e. The normalized spacial score (nSPS) is 10.2. The van der Waals surface area contributed by atoms with Crippen molar-refractivity contribution in [1.29, 1.82) is 0 Å². The van der Waals surface area contributed by atoms with Gasteiger partial charge in [0.2, 0.25) is 5.91 Å². The zero-order chi connectivity index (χ0) is 18.9. The van der Waals surface area contributed by atoms with Gasteiger partial charge in [-0.05, 0) is 36.2 Å². The Bertz CT molecular complexity index is 773. The minimum absolute atomic E-state index is 0.0622. The Balaban J connectivity index is 2.11. The Kier molecular flexibility index (Phi) is 7.02. The molecule has 2 aromatic rings. The van der Waals surface area contributed by atoms with E-state index >= 15 is 0 Å². The monoisotopic (exact) mass is 357 g/mol. The molecule has 0 bridgehead atoms. The van der Waals surface area contributed by atoms with Gasteiger partial charge in [-0.25, -0.2) is 4.79 Å². The van der Waals surface area contributed by atoms with Crippen LogP contribution in [0.1, 0.15) is 35.7 Å². The predicted molar refractivity (Wildman–Crippen MR) is 99.1 cm³/mol. The Morgan fingerprint density at radius 1 is 1.15 bits per heavy atom. The number of methoxy groups -OCH3 is 1. The second-order valence-corrected chi connectivity index (χ2v) is 5.79. The van der Waals surface area contributed by atoms with Crippen LogP contribution in [0.15, 0.2) is 42.5 Å². The second kappa shape index (κ2) is 9.46. The molecule has 0 spiro atoms. The highest BCUT2D eigenvalue weighted by atomic mass is 16.5. The topological polar surface area (TPSA) is 84.9 Å². The molecule has 0 aliphatic heterocycles. The van der Waals surface area contributed by atoms with Crippen LogP contribution in [-0.2, 0) is 11.2 Å². The lowest BCUT2D eigenvalue weighted by Crippen LogP contribution is -2.16. The van der Waals surface area contributed by atoms with Gasteiger partial charge < -0.3 is 19.9 Å². The molecule has 6 nitrogen and oxygen atoms in total. The highest BCUT2D eigenvalue weighted by Gasteiger charge is 2.12. The fourth-order valence-corrected chi connectivity index (χ4v) is 2.38. The molecular formula is C20H23NO5. The standard InChI is InChI=1S/C20H23NO5/c1-3-4-10-26-18-9-8-16(25-2)13-17(18)21-19(22)12-14-6-5-7-15(11-14)20(23)24/h5-9,11,13H,3-4,10,12H2,1-2H3,(H,21,22)(H,23,24). The summed E-state index contributed by atoms with van der Waals surface area (Å²) in [6, 6.07) is 11.6. The fourth-order valence-electron chi connectivity index (χ4n) is 2.38. The maximum absolute atomic E-state index is 12.4. The number of carbonyl (C=O) groups excluding carboxylic acids is 1. The zero-order valence-corrected chi connectivity index (χ0v) is 15.0. The molecule has 0 saturated heterocycles. The van der Waals surface area contributed by atoms with E-state index in [1.54, 1.807) is 37.4 Å². The van der Waals surface area contributed by atoms with Gasteiger partial charge in [-0.15, -0.1) is 0 Å². The van der Waals surface area contributed by atoms with Gasteiger partial charge in [0.15, 0.2) is 0 Å². The number of anilines is 1. The number of hydrogen-bond acceptors (Lipinski definition) is 4. The molecule has 0 aromatic heterocycles. The van der Waals surface area contributed by atoms with Gasteiger partial charge in [-0.1, -0.05) is 25.5 Å². The molecule has 0 radical (unpaired) electrons. The van der Waals surface area contributed by atoms with Gasteiger partial charge >= 0.3 is 5.97 Å². The first-order valence-corrected chi connectivity index (χ1v) is 8.46. The van der Waals surface area contributed by atoms with E-state index in [0.29, 0.717) is 29.4 Å². The Labute approximate surface area is 152 Å². The summed E-state index contributed by atoms with van der Waals surface area (Å²) in [7, 11) is 1.55. The summed E-state index contributed by atoms with van der Waals surface area (Å²) in [6.45, 7) is 2.64. The molecule has 0 heterocycles. The first-order chi connectivity index (χ1) is 12.5. The number of rotatable bonds is 9. The number of carbonyl (C=O) groups is 2. The van der Waals surface area contributed by atoms with E-state index in [1.165, 1.54) is 12.1 Å². The SMILES string of the molecule is CCCCOc1ccc(OC)cc1NC(=O)Cc1cccc(C(=O)O)c1. The lowest BCUT2D eigenvalue weighted by atomic mass is 10.1. The number of unbranched alkanes of at least 4 members (excludes halogenated alkanes) is 1. The summed E-state index contributed by atoms with van der Waals surface area (Å²) < 4.78 is 10.9. The number of ether oxygens (including phenoxy) is 2. The smallest absolute Gasteiger partial charge is 0.335 e. The molecule has 1 amide bonds. The van der Waals surface area contributed by atoms with Crippen molar-refractivity contribution >= 4 is 17.6 Å². The van der Waals surface area contributed by atoms with Crippen LogP contribution in [-0.4, -0.2) is 30.7 Å². The van der Waals surface area contributed by atoms with Crippen LogP contribution in [0.25, 0.3) is 0 Å². The maximum atomic E-state index is 12.4. The summed E-state index contributed by atoms with van der Waals surface area (Å²) in [4.78, 5) is 23.4. The van der Waals surface area contributed by atoms with Gasteiger partial charge in [0, 0.05) is 6.07 Å². The van der Waals surface area contributed by atoms with E-state index in [0.717, 1.165) is 12.8 Å². The number of amides is 1. The average Bonchev–Trinajstić information content (AvgIpc) is 2.63. The maximum Gasteiger partial charge on any atom is 0.335 e. The Hall–Kier alpha value is -3.02. The molecule has 2 aromatic carbocycles. The summed E-state index contributed by atoms with van der Waals surface area (Å²) in [6.07, 6.45) is 1.99. The number of carboxylic acids is 1. The lowest BCUT2D eigenvalue weighted by molar-refractivity contribution is -0.115. The molecule has 0 fully saturated rings. The van der Waals surface area contributed by atoms with E-state index in [2.05, 4.69) is 12.2 Å². The fraction of sp³-hybridized carbons (Fsp3) is 0.300. The van der Waals surface area contributed by atoms with Gasteiger partial charge in [0.25, 0.3) is 0 Å². The summed E-state index contributed by atoms with van der Waals surface area (Å²) in [5, 5.41) is 11.9. The van der Waals surface area contributed by atoms with E-state index < -0.39 is 5.97 Å². The van der Waals surface area contributed by atoms with Crippen molar-refractivity contribution in [2.24, 2.45) is 0 Å². The van der Waals surface area contributed by atoms with Gasteiger partial charge in [0.1, 0.15) is 11.5 Å². The van der Waals surface area contributed by atoms with Crippen LogP contribution in [0.4, 0.5) is 5.69 Å². The van der Waals surface area contributed by atoms with Crippen molar-refractivity contribution in [3.8, 4) is 11.5 Å². The third kappa shape index (κ3) is 5.51. The zero-order valence-electron chi connectivity index (χ0n) is 15.0. The quantitative estimate of drug-likeness (QED) is 0.668. The number of hydrogen-bond donors (Lipinski definition) is 2. The van der Waals surface area contributed by atoms with Crippen molar-refractivity contribution in [2.75, 3.05) is 19.0 Å². The van der Waals surface area contributed by atoms with E-state index in [4.69, 9.17) is 14.6 Å². The van der Waals surface area contributed by atoms with Crippen LogP contribution >= 0.6 is 0 Å². The second-order valence-electron chi connectivity index (χ2n) is 5.79. The third-order valence-corrected chi connectivity index (χ3v) is 3.75. The summed E-state index contributed by atoms with van der Waals surface area (Å²) in [5.41, 5.74) is 1.30. The van der Waals surface area contributed by atoms with Gasteiger partial charge in [-0.3, -0.25) is 4.79 Å². The van der Waals surface area contributed by atoms with Crippen LogP contribution < -0.4 is 14.8 Å². The molecule has 6 heteroatoms. The Morgan fingerprint density at radius 2 is 1.96 bits per heavy atom. The molecule has 2 N–H and O–H groups in total. The number of aromatic carboxylic acids is 1.